The molecule has 6 heteroatoms. The molecule has 2 aromatic carbocycles. The van der Waals surface area contributed by atoms with Gasteiger partial charge in [0.15, 0.2) is 5.96 Å². The summed E-state index contributed by atoms with van der Waals surface area (Å²) in [6.07, 6.45) is 1.42. The fourth-order valence-corrected chi connectivity index (χ4v) is 2.27. The first kappa shape index (κ1) is 20.3. The zero-order chi connectivity index (χ0) is 16.5. The lowest BCUT2D eigenvalue weighted by Crippen LogP contribution is -2.39. The Morgan fingerprint density at radius 1 is 0.875 bits per heavy atom. The minimum Gasteiger partial charge on any atom is -0.356 e. The van der Waals surface area contributed by atoms with Crippen LogP contribution in [0.5, 0.6) is 0 Å². The molecule has 0 saturated carbocycles. The van der Waals surface area contributed by atoms with Gasteiger partial charge >= 0.3 is 0 Å². The van der Waals surface area contributed by atoms with Crippen LogP contribution in [-0.4, -0.2) is 26.1 Å². The van der Waals surface area contributed by atoms with Crippen molar-refractivity contribution in [3.05, 3.63) is 71.3 Å². The largest absolute Gasteiger partial charge is 0.356 e. The molecule has 24 heavy (non-hydrogen) atoms. The number of guanidine groups is 1. The van der Waals surface area contributed by atoms with Gasteiger partial charge in [-0.3, -0.25) is 4.99 Å². The lowest BCUT2D eigenvalue weighted by molar-refractivity contribution is 0.579. The Morgan fingerprint density at radius 2 is 1.42 bits per heavy atom. The Morgan fingerprint density at radius 3 is 1.96 bits per heavy atom. The van der Waals surface area contributed by atoms with E-state index in [1.807, 2.05) is 18.2 Å². The predicted octanol–water partition coefficient (Wildman–Crippen LogP) is 3.53. The molecule has 3 nitrogen and oxygen atoms in total. The second-order valence-electron chi connectivity index (χ2n) is 5.19. The number of nitrogens with zero attached hydrogens (tertiary/aromatic N) is 1. The van der Waals surface area contributed by atoms with Gasteiger partial charge in [0.2, 0.25) is 0 Å². The molecule has 0 spiro atoms. The Bertz CT molecular complexity index is 628. The van der Waals surface area contributed by atoms with Gasteiger partial charge in [-0.25, -0.2) is 8.78 Å². The van der Waals surface area contributed by atoms with E-state index < -0.39 is 11.6 Å². The first-order valence-corrected chi connectivity index (χ1v) is 7.61. The zero-order valence-electron chi connectivity index (χ0n) is 13.6. The predicted molar refractivity (Wildman–Crippen MR) is 105 cm³/mol. The van der Waals surface area contributed by atoms with Crippen molar-refractivity contribution in [1.82, 2.24) is 10.6 Å². The number of hydrogen-bond acceptors (Lipinski definition) is 1. The van der Waals surface area contributed by atoms with Crippen LogP contribution in [-0.2, 0) is 12.8 Å². The van der Waals surface area contributed by atoms with E-state index in [0.29, 0.717) is 24.5 Å². The summed E-state index contributed by atoms with van der Waals surface area (Å²) in [6, 6.07) is 13.7. The molecule has 130 valence electrons. The van der Waals surface area contributed by atoms with Crippen molar-refractivity contribution in [3.63, 3.8) is 0 Å². The van der Waals surface area contributed by atoms with Crippen molar-refractivity contribution in [2.45, 2.75) is 12.8 Å². The molecule has 0 aliphatic heterocycles. The van der Waals surface area contributed by atoms with Crippen LogP contribution in [0.15, 0.2) is 53.5 Å². The standard InChI is InChI=1S/C18H21F2N3.HI/c1-21-18(22-9-7-14-5-3-2-4-6-14)23-10-8-15-11-16(19)13-17(20)12-15;/h2-6,11-13H,7-10H2,1H3,(H2,21,22,23);1H. The average molecular weight is 445 g/mol. The summed E-state index contributed by atoms with van der Waals surface area (Å²) in [5.41, 5.74) is 1.88. The highest BCUT2D eigenvalue weighted by atomic mass is 127. The summed E-state index contributed by atoms with van der Waals surface area (Å²) in [5, 5.41) is 6.35. The summed E-state index contributed by atoms with van der Waals surface area (Å²) in [7, 11) is 1.69. The zero-order valence-corrected chi connectivity index (χ0v) is 15.9. The summed E-state index contributed by atoms with van der Waals surface area (Å²) >= 11 is 0. The van der Waals surface area contributed by atoms with Crippen LogP contribution in [0.4, 0.5) is 8.78 Å². The van der Waals surface area contributed by atoms with Gasteiger partial charge in [0.05, 0.1) is 0 Å². The highest BCUT2D eigenvalue weighted by Gasteiger charge is 2.02. The van der Waals surface area contributed by atoms with Crippen molar-refractivity contribution < 1.29 is 8.78 Å². The van der Waals surface area contributed by atoms with E-state index in [1.54, 1.807) is 7.05 Å². The van der Waals surface area contributed by atoms with E-state index in [0.717, 1.165) is 19.0 Å². The first-order valence-electron chi connectivity index (χ1n) is 7.61. The van der Waals surface area contributed by atoms with Gasteiger partial charge in [-0.1, -0.05) is 30.3 Å². The second kappa shape index (κ2) is 11.0. The van der Waals surface area contributed by atoms with Crippen LogP contribution in [0.1, 0.15) is 11.1 Å². The summed E-state index contributed by atoms with van der Waals surface area (Å²) < 4.78 is 26.2. The Hall–Kier alpha value is -1.70. The molecule has 2 rings (SSSR count). The van der Waals surface area contributed by atoms with Crippen LogP contribution in [0, 0.1) is 11.6 Å². The number of benzene rings is 2. The van der Waals surface area contributed by atoms with Crippen LogP contribution >= 0.6 is 24.0 Å². The van der Waals surface area contributed by atoms with Crippen LogP contribution in [0.2, 0.25) is 0 Å². The molecule has 0 aliphatic carbocycles. The van der Waals surface area contributed by atoms with Crippen LogP contribution in [0.3, 0.4) is 0 Å². The van der Waals surface area contributed by atoms with E-state index in [2.05, 4.69) is 27.8 Å². The lowest BCUT2D eigenvalue weighted by Gasteiger charge is -2.12. The molecule has 0 fully saturated rings. The van der Waals surface area contributed by atoms with E-state index in [9.17, 15) is 8.78 Å². The SMILES string of the molecule is CN=C(NCCc1ccccc1)NCCc1cc(F)cc(F)c1.I. The van der Waals surface area contributed by atoms with Gasteiger partial charge < -0.3 is 10.6 Å². The third-order valence-corrected chi connectivity index (χ3v) is 3.40. The fourth-order valence-electron chi connectivity index (χ4n) is 2.27. The number of aliphatic imine (C=N–C) groups is 1. The smallest absolute Gasteiger partial charge is 0.190 e. The van der Waals surface area contributed by atoms with Gasteiger partial charge in [-0.2, -0.15) is 0 Å². The van der Waals surface area contributed by atoms with E-state index in [4.69, 9.17) is 0 Å². The first-order chi connectivity index (χ1) is 11.2. The minimum atomic E-state index is -0.551. The number of halogens is 3. The Labute approximate surface area is 158 Å². The van der Waals surface area contributed by atoms with E-state index in [-0.39, 0.29) is 24.0 Å². The van der Waals surface area contributed by atoms with Crippen molar-refractivity contribution in [2.75, 3.05) is 20.1 Å². The lowest BCUT2D eigenvalue weighted by atomic mass is 10.1. The van der Waals surface area contributed by atoms with Gasteiger partial charge in [0, 0.05) is 26.2 Å². The summed E-state index contributed by atoms with van der Waals surface area (Å²) in [6.45, 7) is 1.31. The topological polar surface area (TPSA) is 36.4 Å². The van der Waals surface area contributed by atoms with Crippen molar-refractivity contribution >= 4 is 29.9 Å². The van der Waals surface area contributed by atoms with E-state index >= 15 is 0 Å². The summed E-state index contributed by atoms with van der Waals surface area (Å²) in [5.74, 6) is -0.423. The average Bonchev–Trinajstić information content (AvgIpc) is 2.53. The van der Waals surface area contributed by atoms with Gasteiger partial charge in [0.25, 0.3) is 0 Å². The fraction of sp³-hybridized carbons (Fsp3) is 0.278. The van der Waals surface area contributed by atoms with Crippen molar-refractivity contribution in [3.8, 4) is 0 Å². The van der Waals surface area contributed by atoms with Crippen LogP contribution < -0.4 is 10.6 Å². The number of hydrogen-bond donors (Lipinski definition) is 2. The normalized spacial score (nSPS) is 10.9. The molecule has 0 bridgehead atoms. The highest BCUT2D eigenvalue weighted by Crippen LogP contribution is 2.08. The summed E-state index contributed by atoms with van der Waals surface area (Å²) in [4.78, 5) is 4.13. The van der Waals surface area contributed by atoms with Gasteiger partial charge in [-0.05, 0) is 36.1 Å². The number of rotatable bonds is 6. The van der Waals surface area contributed by atoms with Gasteiger partial charge in [0.1, 0.15) is 11.6 Å². The van der Waals surface area contributed by atoms with Gasteiger partial charge in [-0.15, -0.1) is 24.0 Å². The quantitative estimate of drug-likeness (QED) is 0.406. The molecular formula is C18H22F2IN3. The number of nitrogens with one attached hydrogen (secondary N) is 2. The molecule has 0 saturated heterocycles. The minimum absolute atomic E-state index is 0. The van der Waals surface area contributed by atoms with Crippen LogP contribution in [0.25, 0.3) is 0 Å². The van der Waals surface area contributed by atoms with Crippen molar-refractivity contribution in [2.24, 2.45) is 4.99 Å². The highest BCUT2D eigenvalue weighted by molar-refractivity contribution is 14.0. The third kappa shape index (κ3) is 7.25. The molecule has 0 aromatic heterocycles. The molecule has 0 atom stereocenters. The molecule has 2 aromatic rings. The molecule has 0 amide bonds. The molecule has 0 unspecified atom stereocenters. The van der Waals surface area contributed by atoms with E-state index in [1.165, 1.54) is 17.7 Å². The maximum Gasteiger partial charge on any atom is 0.190 e. The van der Waals surface area contributed by atoms with Crippen molar-refractivity contribution in [1.29, 1.82) is 0 Å². The molecule has 0 aliphatic rings. The Kier molecular flexibility index (Phi) is 9.29. The molecular weight excluding hydrogens is 423 g/mol. The maximum absolute atomic E-state index is 13.1. The monoisotopic (exact) mass is 445 g/mol. The molecule has 0 radical (unpaired) electrons. The third-order valence-electron chi connectivity index (χ3n) is 3.40. The molecule has 2 N–H and O–H groups in total. The second-order valence-corrected chi connectivity index (χ2v) is 5.19. The Balaban J connectivity index is 0.00000288. The molecule has 0 heterocycles. The maximum atomic E-state index is 13.1.